The van der Waals surface area contributed by atoms with Crippen LogP contribution in [0.2, 0.25) is 10.0 Å². The molecule has 1 atom stereocenters. The lowest BCUT2D eigenvalue weighted by Gasteiger charge is -2.17. The Hall–Kier alpha value is -0.220. The standard InChI is InChI=1S/C15H12Br2Cl2O/c1-8-5-14(20-2)10(7-11(8)16)15(17)9-3-4-12(18)13(19)6-9/h3-7,15H,1-2H3. The van der Waals surface area contributed by atoms with E-state index in [1.54, 1.807) is 13.2 Å². The highest BCUT2D eigenvalue weighted by Gasteiger charge is 2.17. The number of halogens is 4. The van der Waals surface area contributed by atoms with Gasteiger partial charge in [0, 0.05) is 10.0 Å². The Bertz CT molecular complexity index is 644. The molecule has 5 heteroatoms. The Morgan fingerprint density at radius 3 is 2.40 bits per heavy atom. The van der Waals surface area contributed by atoms with Crippen LogP contribution in [0.15, 0.2) is 34.8 Å². The molecule has 106 valence electrons. The van der Waals surface area contributed by atoms with E-state index < -0.39 is 0 Å². The van der Waals surface area contributed by atoms with E-state index in [0.717, 1.165) is 26.9 Å². The summed E-state index contributed by atoms with van der Waals surface area (Å²) in [4.78, 5) is -0.0240. The minimum absolute atomic E-state index is 0.0240. The zero-order valence-electron chi connectivity index (χ0n) is 10.9. The van der Waals surface area contributed by atoms with Crippen LogP contribution in [0.25, 0.3) is 0 Å². The summed E-state index contributed by atoms with van der Waals surface area (Å²) in [5.74, 6) is 0.832. The van der Waals surface area contributed by atoms with Crippen LogP contribution in [-0.4, -0.2) is 7.11 Å². The molecule has 2 rings (SSSR count). The quantitative estimate of drug-likeness (QED) is 0.493. The normalized spacial score (nSPS) is 12.3. The van der Waals surface area contributed by atoms with Gasteiger partial charge in [-0.15, -0.1) is 0 Å². The van der Waals surface area contributed by atoms with Gasteiger partial charge in [0.1, 0.15) is 5.75 Å². The fourth-order valence-electron chi connectivity index (χ4n) is 1.89. The topological polar surface area (TPSA) is 9.23 Å². The highest BCUT2D eigenvalue weighted by atomic mass is 79.9. The molecule has 0 bridgehead atoms. The van der Waals surface area contributed by atoms with E-state index in [0.29, 0.717) is 10.0 Å². The molecule has 20 heavy (non-hydrogen) atoms. The Balaban J connectivity index is 2.49. The molecule has 0 aromatic heterocycles. The summed E-state index contributed by atoms with van der Waals surface area (Å²) in [6, 6.07) is 9.65. The maximum atomic E-state index is 6.08. The van der Waals surface area contributed by atoms with Gasteiger partial charge in [-0.1, -0.05) is 61.1 Å². The van der Waals surface area contributed by atoms with Crippen molar-refractivity contribution in [2.75, 3.05) is 7.11 Å². The number of aryl methyl sites for hydroxylation is 1. The van der Waals surface area contributed by atoms with Crippen molar-refractivity contribution in [3.63, 3.8) is 0 Å². The predicted molar refractivity (Wildman–Crippen MR) is 92.7 cm³/mol. The van der Waals surface area contributed by atoms with E-state index >= 15 is 0 Å². The predicted octanol–water partition coefficient (Wildman–Crippen LogP) is 6.56. The molecule has 0 amide bonds. The monoisotopic (exact) mass is 436 g/mol. The number of ether oxygens (including phenoxy) is 1. The molecule has 1 nitrogen and oxygen atoms in total. The van der Waals surface area contributed by atoms with Crippen LogP contribution in [0.1, 0.15) is 21.5 Å². The van der Waals surface area contributed by atoms with Crippen molar-refractivity contribution in [2.24, 2.45) is 0 Å². The molecule has 0 aliphatic rings. The molecule has 0 fully saturated rings. The number of methoxy groups -OCH3 is 1. The summed E-state index contributed by atoms with van der Waals surface area (Å²) in [6.45, 7) is 2.03. The van der Waals surface area contributed by atoms with Crippen LogP contribution in [0.4, 0.5) is 0 Å². The second-order valence-corrected chi connectivity index (χ2v) is 6.96. The van der Waals surface area contributed by atoms with E-state index in [2.05, 4.69) is 37.9 Å². The van der Waals surface area contributed by atoms with E-state index in [1.807, 2.05) is 25.1 Å². The minimum atomic E-state index is -0.0240. The van der Waals surface area contributed by atoms with E-state index in [9.17, 15) is 0 Å². The maximum Gasteiger partial charge on any atom is 0.123 e. The molecule has 2 aromatic rings. The maximum absolute atomic E-state index is 6.08. The molecule has 0 radical (unpaired) electrons. The average Bonchev–Trinajstić information content (AvgIpc) is 2.43. The van der Waals surface area contributed by atoms with Crippen LogP contribution < -0.4 is 4.74 Å². The first kappa shape index (κ1) is 16.2. The summed E-state index contributed by atoms with van der Waals surface area (Å²) < 4.78 is 6.51. The van der Waals surface area contributed by atoms with Crippen molar-refractivity contribution < 1.29 is 4.74 Å². The second-order valence-electron chi connectivity index (χ2n) is 4.38. The van der Waals surface area contributed by atoms with Gasteiger partial charge in [-0.25, -0.2) is 0 Å². The lowest BCUT2D eigenvalue weighted by atomic mass is 10.0. The smallest absolute Gasteiger partial charge is 0.123 e. The number of alkyl halides is 1. The summed E-state index contributed by atoms with van der Waals surface area (Å²) in [5.41, 5.74) is 3.18. The average molecular weight is 439 g/mol. The van der Waals surface area contributed by atoms with Gasteiger partial charge in [-0.05, 0) is 42.3 Å². The zero-order chi connectivity index (χ0) is 14.9. The van der Waals surface area contributed by atoms with Gasteiger partial charge < -0.3 is 4.74 Å². The van der Waals surface area contributed by atoms with Crippen molar-refractivity contribution in [3.8, 4) is 5.75 Å². The van der Waals surface area contributed by atoms with Gasteiger partial charge in [0.15, 0.2) is 0 Å². The molecule has 0 saturated carbocycles. The lowest BCUT2D eigenvalue weighted by molar-refractivity contribution is 0.410. The summed E-state index contributed by atoms with van der Waals surface area (Å²) in [5, 5.41) is 1.09. The molecular weight excluding hydrogens is 427 g/mol. The van der Waals surface area contributed by atoms with E-state index in [-0.39, 0.29) is 4.83 Å². The largest absolute Gasteiger partial charge is 0.496 e. The number of rotatable bonds is 3. The van der Waals surface area contributed by atoms with Gasteiger partial charge in [-0.2, -0.15) is 0 Å². The van der Waals surface area contributed by atoms with Gasteiger partial charge in [0.2, 0.25) is 0 Å². The Morgan fingerprint density at radius 2 is 1.80 bits per heavy atom. The minimum Gasteiger partial charge on any atom is -0.496 e. The van der Waals surface area contributed by atoms with Crippen LogP contribution in [0, 0.1) is 6.92 Å². The molecule has 0 saturated heterocycles. The van der Waals surface area contributed by atoms with Crippen molar-refractivity contribution in [2.45, 2.75) is 11.8 Å². The Labute approximate surface area is 145 Å². The zero-order valence-corrected chi connectivity index (χ0v) is 15.6. The van der Waals surface area contributed by atoms with Gasteiger partial charge >= 0.3 is 0 Å². The number of hydrogen-bond donors (Lipinski definition) is 0. The third kappa shape index (κ3) is 3.33. The highest BCUT2D eigenvalue weighted by Crippen LogP contribution is 2.40. The van der Waals surface area contributed by atoms with E-state index in [4.69, 9.17) is 27.9 Å². The Kier molecular flexibility index (Phi) is 5.41. The van der Waals surface area contributed by atoms with Crippen molar-refractivity contribution in [3.05, 3.63) is 61.5 Å². The van der Waals surface area contributed by atoms with Crippen LogP contribution in [-0.2, 0) is 0 Å². The van der Waals surface area contributed by atoms with Crippen LogP contribution in [0.5, 0.6) is 5.75 Å². The fourth-order valence-corrected chi connectivity index (χ4v) is 3.21. The highest BCUT2D eigenvalue weighted by molar-refractivity contribution is 9.10. The number of hydrogen-bond acceptors (Lipinski definition) is 1. The summed E-state index contributed by atoms with van der Waals surface area (Å²) in [6.07, 6.45) is 0. The molecule has 0 N–H and O–H groups in total. The lowest BCUT2D eigenvalue weighted by Crippen LogP contribution is -1.98. The molecule has 1 unspecified atom stereocenters. The van der Waals surface area contributed by atoms with Gasteiger partial charge in [0.05, 0.1) is 22.0 Å². The molecule has 0 aliphatic heterocycles. The molecular formula is C15H12Br2Cl2O. The molecule has 0 heterocycles. The van der Waals surface area contributed by atoms with Gasteiger partial charge in [0.25, 0.3) is 0 Å². The third-order valence-electron chi connectivity index (χ3n) is 3.02. The molecule has 0 aliphatic carbocycles. The van der Waals surface area contributed by atoms with Crippen molar-refractivity contribution >= 4 is 55.1 Å². The first-order valence-corrected chi connectivity index (χ1v) is 8.33. The van der Waals surface area contributed by atoms with E-state index in [1.165, 1.54) is 0 Å². The SMILES string of the molecule is COc1cc(C)c(Br)cc1C(Br)c1ccc(Cl)c(Cl)c1. The molecule has 0 spiro atoms. The van der Waals surface area contributed by atoms with Crippen LogP contribution >= 0.6 is 55.1 Å². The first-order chi connectivity index (χ1) is 9.43. The van der Waals surface area contributed by atoms with Crippen LogP contribution in [0.3, 0.4) is 0 Å². The fraction of sp³-hybridized carbons (Fsp3) is 0.200. The summed E-state index contributed by atoms with van der Waals surface area (Å²) >= 11 is 19.3. The number of benzene rings is 2. The summed E-state index contributed by atoms with van der Waals surface area (Å²) in [7, 11) is 1.67. The second kappa shape index (κ2) is 6.69. The first-order valence-electron chi connectivity index (χ1n) is 5.87. The molecule has 2 aromatic carbocycles. The Morgan fingerprint density at radius 1 is 1.10 bits per heavy atom. The van der Waals surface area contributed by atoms with Gasteiger partial charge in [-0.3, -0.25) is 0 Å². The van der Waals surface area contributed by atoms with Crippen molar-refractivity contribution in [1.29, 1.82) is 0 Å². The third-order valence-corrected chi connectivity index (χ3v) is 5.64. The van der Waals surface area contributed by atoms with Crippen molar-refractivity contribution in [1.82, 2.24) is 0 Å².